The number of carbonyl (C=O) groups excluding carboxylic acids is 1. The van der Waals surface area contributed by atoms with Gasteiger partial charge in [0.15, 0.2) is 5.78 Å². The average molecular weight is 446 g/mol. The van der Waals surface area contributed by atoms with Crippen molar-refractivity contribution in [1.29, 1.82) is 0 Å². The molecular weight excluding hydrogens is 424 g/mol. The fourth-order valence-corrected chi connectivity index (χ4v) is 4.85. The number of carboxylic acid groups (broad SMARTS) is 2. The van der Waals surface area contributed by atoms with E-state index < -0.39 is 27.9 Å². The van der Waals surface area contributed by atoms with E-state index in [2.05, 4.69) is 5.32 Å². The number of carboxylic acids is 2. The number of hydrogen-bond acceptors (Lipinski definition) is 6. The number of aromatic carboxylic acids is 1. The lowest BCUT2D eigenvalue weighted by Gasteiger charge is -2.29. The van der Waals surface area contributed by atoms with Gasteiger partial charge in [0, 0.05) is 24.3 Å². The highest BCUT2D eigenvalue weighted by Gasteiger charge is 2.32. The molecule has 1 fully saturated rings. The highest BCUT2D eigenvalue weighted by atomic mass is 32.2. The molecule has 0 spiro atoms. The van der Waals surface area contributed by atoms with E-state index in [-0.39, 0.29) is 54.3 Å². The number of hydrogen-bond donors (Lipinski definition) is 3. The number of ketones is 1. The van der Waals surface area contributed by atoms with E-state index in [0.29, 0.717) is 5.69 Å². The third-order valence-corrected chi connectivity index (χ3v) is 7.08. The minimum absolute atomic E-state index is 0.0158. The number of nitrogens with one attached hydrogen (secondary N) is 1. The van der Waals surface area contributed by atoms with Crippen LogP contribution >= 0.6 is 0 Å². The molecule has 1 aliphatic rings. The van der Waals surface area contributed by atoms with Crippen LogP contribution in [0.4, 0.5) is 5.69 Å². The molecule has 9 nitrogen and oxygen atoms in total. The van der Waals surface area contributed by atoms with Gasteiger partial charge >= 0.3 is 11.9 Å². The second-order valence-electron chi connectivity index (χ2n) is 7.20. The lowest BCUT2D eigenvalue weighted by atomic mass is 9.99. The van der Waals surface area contributed by atoms with Crippen molar-refractivity contribution in [2.75, 3.05) is 25.0 Å². The molecule has 0 atom stereocenters. The van der Waals surface area contributed by atoms with Gasteiger partial charge in [0.2, 0.25) is 10.0 Å². The van der Waals surface area contributed by atoms with Gasteiger partial charge in [-0.25, -0.2) is 13.2 Å². The van der Waals surface area contributed by atoms with E-state index in [9.17, 15) is 22.8 Å². The Labute approximate surface area is 179 Å². The van der Waals surface area contributed by atoms with Crippen molar-refractivity contribution in [3.63, 3.8) is 0 Å². The summed E-state index contributed by atoms with van der Waals surface area (Å²) in [5.41, 5.74) is 0.904. The molecule has 1 aliphatic heterocycles. The number of benzene rings is 2. The maximum atomic E-state index is 12.9. The topological polar surface area (TPSA) is 141 Å². The van der Waals surface area contributed by atoms with Crippen LogP contribution in [-0.4, -0.2) is 60.3 Å². The Morgan fingerprint density at radius 3 is 2.19 bits per heavy atom. The van der Waals surface area contributed by atoms with Crippen molar-refractivity contribution < 1.29 is 33.0 Å². The summed E-state index contributed by atoms with van der Waals surface area (Å²) >= 11 is 0. The van der Waals surface area contributed by atoms with E-state index in [4.69, 9.17) is 10.2 Å². The molecule has 1 heterocycles. The van der Waals surface area contributed by atoms with E-state index in [1.807, 2.05) is 0 Å². The Morgan fingerprint density at radius 2 is 1.61 bits per heavy atom. The van der Waals surface area contributed by atoms with Gasteiger partial charge in [0.1, 0.15) is 0 Å². The Morgan fingerprint density at radius 1 is 0.968 bits per heavy atom. The summed E-state index contributed by atoms with van der Waals surface area (Å²) in [5.74, 6) is -2.85. The first kappa shape index (κ1) is 22.4. The van der Waals surface area contributed by atoms with Gasteiger partial charge in [-0.3, -0.25) is 9.59 Å². The van der Waals surface area contributed by atoms with Crippen LogP contribution < -0.4 is 5.32 Å². The molecule has 2 aromatic rings. The maximum absolute atomic E-state index is 12.9. The Kier molecular flexibility index (Phi) is 6.71. The standard InChI is InChI=1S/C21H22N2O7S/c24-19(13-22-17-6-4-14(5-7-17)20(25)26)16-2-1-3-18(12-16)31(29,30)23-10-8-15(9-11-23)21(27)28/h1-7,12,15,22H,8-11,13H2,(H,25,26)(H,27,28). The zero-order valence-corrected chi connectivity index (χ0v) is 17.3. The predicted molar refractivity (Wildman–Crippen MR) is 112 cm³/mol. The summed E-state index contributed by atoms with van der Waals surface area (Å²) in [5, 5.41) is 20.9. The van der Waals surface area contributed by atoms with Crippen LogP contribution in [-0.2, 0) is 14.8 Å². The summed E-state index contributed by atoms with van der Waals surface area (Å²) in [4.78, 5) is 34.5. The second kappa shape index (κ2) is 9.27. The number of nitrogens with zero attached hydrogens (tertiary/aromatic N) is 1. The molecule has 1 saturated heterocycles. The van der Waals surface area contributed by atoms with E-state index in [1.165, 1.54) is 40.7 Å². The van der Waals surface area contributed by atoms with E-state index in [1.54, 1.807) is 12.1 Å². The van der Waals surface area contributed by atoms with Gasteiger partial charge in [-0.2, -0.15) is 4.31 Å². The fraction of sp³-hybridized carbons (Fsp3) is 0.286. The first-order valence-electron chi connectivity index (χ1n) is 9.62. The fourth-order valence-electron chi connectivity index (χ4n) is 3.34. The van der Waals surface area contributed by atoms with Gasteiger partial charge in [0.05, 0.1) is 22.9 Å². The lowest BCUT2D eigenvalue weighted by molar-refractivity contribution is -0.142. The van der Waals surface area contributed by atoms with Crippen molar-refractivity contribution >= 4 is 33.4 Å². The third-order valence-electron chi connectivity index (χ3n) is 5.18. The smallest absolute Gasteiger partial charge is 0.335 e. The van der Waals surface area contributed by atoms with Crippen molar-refractivity contribution in [2.24, 2.45) is 5.92 Å². The molecule has 2 aromatic carbocycles. The summed E-state index contributed by atoms with van der Waals surface area (Å²) in [6.45, 7) is 0.136. The Bertz CT molecular complexity index is 1090. The Balaban J connectivity index is 1.67. The molecule has 0 amide bonds. The third kappa shape index (κ3) is 5.28. The van der Waals surface area contributed by atoms with Crippen molar-refractivity contribution in [3.05, 3.63) is 59.7 Å². The van der Waals surface area contributed by atoms with E-state index >= 15 is 0 Å². The van der Waals surface area contributed by atoms with Crippen LogP contribution in [0.5, 0.6) is 0 Å². The van der Waals surface area contributed by atoms with Crippen LogP contribution in [0.15, 0.2) is 53.4 Å². The second-order valence-corrected chi connectivity index (χ2v) is 9.14. The van der Waals surface area contributed by atoms with Gasteiger partial charge in [-0.15, -0.1) is 0 Å². The predicted octanol–water partition coefficient (Wildman–Crippen LogP) is 2.16. The van der Waals surface area contributed by atoms with Crippen LogP contribution in [0, 0.1) is 5.92 Å². The van der Waals surface area contributed by atoms with Gasteiger partial charge in [-0.05, 0) is 49.2 Å². The molecule has 3 rings (SSSR count). The number of carbonyl (C=O) groups is 3. The van der Waals surface area contributed by atoms with Crippen LogP contribution in [0.2, 0.25) is 0 Å². The van der Waals surface area contributed by atoms with Crippen LogP contribution in [0.25, 0.3) is 0 Å². The normalized spacial score (nSPS) is 15.4. The van der Waals surface area contributed by atoms with Gasteiger partial charge < -0.3 is 15.5 Å². The quantitative estimate of drug-likeness (QED) is 0.524. The lowest BCUT2D eigenvalue weighted by Crippen LogP contribution is -2.40. The van der Waals surface area contributed by atoms with Crippen molar-refractivity contribution in [3.8, 4) is 0 Å². The van der Waals surface area contributed by atoms with Crippen molar-refractivity contribution in [1.82, 2.24) is 4.31 Å². The molecule has 0 saturated carbocycles. The maximum Gasteiger partial charge on any atom is 0.335 e. The molecule has 0 bridgehead atoms. The summed E-state index contributed by atoms with van der Waals surface area (Å²) in [6, 6.07) is 11.6. The highest BCUT2D eigenvalue weighted by molar-refractivity contribution is 7.89. The summed E-state index contributed by atoms with van der Waals surface area (Å²) < 4.78 is 27.1. The molecule has 3 N–H and O–H groups in total. The molecule has 10 heteroatoms. The van der Waals surface area contributed by atoms with Crippen molar-refractivity contribution in [2.45, 2.75) is 17.7 Å². The molecular formula is C21H22N2O7S. The van der Waals surface area contributed by atoms with Gasteiger partial charge in [-0.1, -0.05) is 12.1 Å². The molecule has 0 radical (unpaired) electrons. The van der Waals surface area contributed by atoms with Gasteiger partial charge in [0.25, 0.3) is 0 Å². The van der Waals surface area contributed by atoms with Crippen LogP contribution in [0.1, 0.15) is 33.6 Å². The molecule has 31 heavy (non-hydrogen) atoms. The molecule has 164 valence electrons. The number of piperidine rings is 1. The van der Waals surface area contributed by atoms with E-state index in [0.717, 1.165) is 0 Å². The number of sulfonamides is 1. The number of Topliss-reactive ketones (excluding diaryl/α,β-unsaturated/α-hetero) is 1. The number of anilines is 1. The summed E-state index contributed by atoms with van der Waals surface area (Å²) in [6.07, 6.45) is 0.496. The first-order valence-corrected chi connectivity index (χ1v) is 11.1. The molecule has 0 aliphatic carbocycles. The highest BCUT2D eigenvalue weighted by Crippen LogP contribution is 2.24. The first-order chi connectivity index (χ1) is 14.7. The monoisotopic (exact) mass is 446 g/mol. The largest absolute Gasteiger partial charge is 0.481 e. The zero-order valence-electron chi connectivity index (χ0n) is 16.5. The summed E-state index contributed by atoms with van der Waals surface area (Å²) in [7, 11) is -3.84. The number of rotatable bonds is 8. The average Bonchev–Trinajstić information content (AvgIpc) is 2.77. The molecule has 0 unspecified atom stereocenters. The molecule has 0 aromatic heterocycles. The SMILES string of the molecule is O=C(O)c1ccc(NCC(=O)c2cccc(S(=O)(=O)N3CCC(C(=O)O)CC3)c2)cc1. The number of aliphatic carboxylic acids is 1. The van der Waals surface area contributed by atoms with Crippen LogP contribution in [0.3, 0.4) is 0 Å². The minimum Gasteiger partial charge on any atom is -0.481 e. The Hall–Kier alpha value is -3.24. The zero-order chi connectivity index (χ0) is 22.6. The minimum atomic E-state index is -3.84.